The lowest BCUT2D eigenvalue weighted by Gasteiger charge is -2.15. The number of carbonyl (C=O) groups is 1. The van der Waals surface area contributed by atoms with Gasteiger partial charge in [-0.15, -0.1) is 12.3 Å². The Hall–Kier alpha value is -2.35. The molecule has 0 aromatic heterocycles. The monoisotopic (exact) mass is 246 g/mol. The smallest absolute Gasteiger partial charge is 0.293 e. The summed E-state index contributed by atoms with van der Waals surface area (Å²) >= 11 is 0. The summed E-state index contributed by atoms with van der Waals surface area (Å²) in [6.07, 6.45) is 7.06. The minimum Gasteiger partial charge on any atom is -0.376 e. The first-order valence-electron chi connectivity index (χ1n) is 5.56. The number of nitro groups is 1. The van der Waals surface area contributed by atoms with Crippen molar-refractivity contribution in [1.82, 2.24) is 0 Å². The van der Waals surface area contributed by atoms with Crippen molar-refractivity contribution in [2.45, 2.75) is 25.8 Å². The Balaban J connectivity index is 3.04. The van der Waals surface area contributed by atoms with Crippen LogP contribution < -0.4 is 5.32 Å². The summed E-state index contributed by atoms with van der Waals surface area (Å²) in [5.74, 6) is 2.52. The molecule has 1 aromatic carbocycles. The first-order chi connectivity index (χ1) is 8.62. The van der Waals surface area contributed by atoms with Gasteiger partial charge in [-0.3, -0.25) is 14.9 Å². The van der Waals surface area contributed by atoms with E-state index in [-0.39, 0.29) is 17.3 Å². The molecule has 1 atom stereocenters. The third kappa shape index (κ3) is 3.32. The Morgan fingerprint density at radius 2 is 2.33 bits per heavy atom. The van der Waals surface area contributed by atoms with E-state index in [1.807, 2.05) is 6.92 Å². The summed E-state index contributed by atoms with van der Waals surface area (Å²) in [5, 5.41) is 14.0. The summed E-state index contributed by atoms with van der Waals surface area (Å²) in [5.41, 5.74) is 0.542. The summed E-state index contributed by atoms with van der Waals surface area (Å²) < 4.78 is 0. The van der Waals surface area contributed by atoms with Crippen molar-refractivity contribution >= 4 is 17.7 Å². The molecule has 1 unspecified atom stereocenters. The van der Waals surface area contributed by atoms with Gasteiger partial charge in [-0.05, 0) is 18.6 Å². The molecule has 94 valence electrons. The Labute approximate surface area is 105 Å². The first-order valence-corrected chi connectivity index (χ1v) is 5.56. The summed E-state index contributed by atoms with van der Waals surface area (Å²) in [6.45, 7) is 1.95. The highest BCUT2D eigenvalue weighted by atomic mass is 16.6. The van der Waals surface area contributed by atoms with Crippen LogP contribution in [-0.2, 0) is 0 Å². The number of hydrogen-bond donors (Lipinski definition) is 1. The van der Waals surface area contributed by atoms with Crippen molar-refractivity contribution < 1.29 is 9.72 Å². The van der Waals surface area contributed by atoms with E-state index >= 15 is 0 Å². The summed E-state index contributed by atoms with van der Waals surface area (Å²) in [7, 11) is 0. The fraction of sp³-hybridized carbons (Fsp3) is 0.308. The van der Waals surface area contributed by atoms with Gasteiger partial charge >= 0.3 is 0 Å². The highest BCUT2D eigenvalue weighted by molar-refractivity contribution is 5.79. The van der Waals surface area contributed by atoms with Gasteiger partial charge < -0.3 is 5.32 Å². The number of terminal acetylenes is 1. The van der Waals surface area contributed by atoms with Gasteiger partial charge in [0.05, 0.1) is 4.92 Å². The van der Waals surface area contributed by atoms with Crippen LogP contribution in [-0.4, -0.2) is 17.3 Å². The van der Waals surface area contributed by atoms with Gasteiger partial charge in [-0.1, -0.05) is 6.92 Å². The molecule has 18 heavy (non-hydrogen) atoms. The van der Waals surface area contributed by atoms with Crippen molar-refractivity contribution in [2.75, 3.05) is 5.32 Å². The predicted molar refractivity (Wildman–Crippen MR) is 69.6 cm³/mol. The second kappa shape index (κ2) is 6.40. The van der Waals surface area contributed by atoms with Crippen molar-refractivity contribution in [3.8, 4) is 12.3 Å². The van der Waals surface area contributed by atoms with Crippen LogP contribution >= 0.6 is 0 Å². The zero-order chi connectivity index (χ0) is 13.5. The number of benzene rings is 1. The van der Waals surface area contributed by atoms with Crippen LogP contribution in [0.2, 0.25) is 0 Å². The zero-order valence-electron chi connectivity index (χ0n) is 10.1. The van der Waals surface area contributed by atoms with Gasteiger partial charge in [-0.2, -0.15) is 0 Å². The quantitative estimate of drug-likeness (QED) is 0.362. The fourth-order valence-electron chi connectivity index (χ4n) is 1.55. The van der Waals surface area contributed by atoms with Crippen LogP contribution in [0, 0.1) is 22.5 Å². The van der Waals surface area contributed by atoms with Gasteiger partial charge in [0.15, 0.2) is 0 Å². The molecule has 0 heterocycles. The standard InChI is InChI=1S/C13H14N2O3/c1-3-5-11(4-2)14-12-7-6-10(9-16)8-13(12)15(17)18/h1,6-9,11,14H,4-5H2,2H3. The highest BCUT2D eigenvalue weighted by Gasteiger charge is 2.16. The molecule has 0 saturated heterocycles. The molecule has 0 radical (unpaired) electrons. The molecule has 5 heteroatoms. The van der Waals surface area contributed by atoms with Gasteiger partial charge in [-0.25, -0.2) is 0 Å². The molecule has 0 spiro atoms. The Morgan fingerprint density at radius 1 is 1.61 bits per heavy atom. The minimum atomic E-state index is -0.516. The van der Waals surface area contributed by atoms with E-state index in [0.29, 0.717) is 18.4 Å². The number of aldehydes is 1. The number of nitro benzene ring substituents is 1. The first kappa shape index (κ1) is 13.7. The molecule has 0 amide bonds. The van der Waals surface area contributed by atoms with Crippen LogP contribution in [0.5, 0.6) is 0 Å². The predicted octanol–water partition coefficient (Wildman–Crippen LogP) is 2.62. The molecule has 1 aromatic rings. The number of carbonyl (C=O) groups excluding carboxylic acids is 1. The summed E-state index contributed by atoms with van der Waals surface area (Å²) in [4.78, 5) is 21.0. The van der Waals surface area contributed by atoms with E-state index in [0.717, 1.165) is 6.42 Å². The number of rotatable bonds is 6. The van der Waals surface area contributed by atoms with Crippen LogP contribution in [0.15, 0.2) is 18.2 Å². The van der Waals surface area contributed by atoms with Crippen LogP contribution in [0.1, 0.15) is 30.1 Å². The number of nitrogens with zero attached hydrogens (tertiary/aromatic N) is 1. The lowest BCUT2D eigenvalue weighted by atomic mass is 10.1. The van der Waals surface area contributed by atoms with E-state index in [4.69, 9.17) is 6.42 Å². The van der Waals surface area contributed by atoms with E-state index in [9.17, 15) is 14.9 Å². The second-order valence-electron chi connectivity index (χ2n) is 3.81. The lowest BCUT2D eigenvalue weighted by molar-refractivity contribution is -0.384. The van der Waals surface area contributed by atoms with Gasteiger partial charge in [0.1, 0.15) is 12.0 Å². The van der Waals surface area contributed by atoms with E-state index < -0.39 is 4.92 Å². The zero-order valence-corrected chi connectivity index (χ0v) is 10.1. The van der Waals surface area contributed by atoms with Crippen LogP contribution in [0.4, 0.5) is 11.4 Å². The Morgan fingerprint density at radius 3 is 2.83 bits per heavy atom. The van der Waals surface area contributed by atoms with E-state index in [1.54, 1.807) is 0 Å². The average molecular weight is 246 g/mol. The van der Waals surface area contributed by atoms with E-state index in [1.165, 1.54) is 18.2 Å². The lowest BCUT2D eigenvalue weighted by Crippen LogP contribution is -2.18. The number of hydrogen-bond acceptors (Lipinski definition) is 4. The molecule has 0 aliphatic carbocycles. The van der Waals surface area contributed by atoms with Crippen molar-refractivity contribution in [1.29, 1.82) is 0 Å². The number of nitrogens with one attached hydrogen (secondary N) is 1. The van der Waals surface area contributed by atoms with Crippen molar-refractivity contribution in [3.05, 3.63) is 33.9 Å². The average Bonchev–Trinajstić information content (AvgIpc) is 2.38. The molecule has 0 saturated carbocycles. The SMILES string of the molecule is C#CCC(CC)Nc1ccc(C=O)cc1[N+](=O)[O-]. The van der Waals surface area contributed by atoms with E-state index in [2.05, 4.69) is 11.2 Å². The molecule has 0 aliphatic rings. The molecule has 1 N–H and O–H groups in total. The Bertz CT molecular complexity index is 491. The van der Waals surface area contributed by atoms with Crippen LogP contribution in [0.25, 0.3) is 0 Å². The largest absolute Gasteiger partial charge is 0.376 e. The topological polar surface area (TPSA) is 72.2 Å². The molecular weight excluding hydrogens is 232 g/mol. The van der Waals surface area contributed by atoms with Crippen molar-refractivity contribution in [3.63, 3.8) is 0 Å². The van der Waals surface area contributed by atoms with Crippen molar-refractivity contribution in [2.24, 2.45) is 0 Å². The molecule has 0 bridgehead atoms. The maximum atomic E-state index is 10.9. The third-order valence-electron chi connectivity index (χ3n) is 2.57. The summed E-state index contributed by atoms with van der Waals surface area (Å²) in [6, 6.07) is 4.29. The molecule has 0 fully saturated rings. The molecule has 0 aliphatic heterocycles. The highest BCUT2D eigenvalue weighted by Crippen LogP contribution is 2.26. The van der Waals surface area contributed by atoms with Gasteiger partial charge in [0, 0.05) is 24.1 Å². The van der Waals surface area contributed by atoms with Gasteiger partial charge in [0.2, 0.25) is 0 Å². The second-order valence-corrected chi connectivity index (χ2v) is 3.81. The molecular formula is C13H14N2O3. The third-order valence-corrected chi connectivity index (χ3v) is 2.57. The van der Waals surface area contributed by atoms with Crippen LogP contribution in [0.3, 0.4) is 0 Å². The fourth-order valence-corrected chi connectivity index (χ4v) is 1.55. The van der Waals surface area contributed by atoms with Gasteiger partial charge in [0.25, 0.3) is 5.69 Å². The maximum absolute atomic E-state index is 10.9. The Kier molecular flexibility index (Phi) is 4.88. The number of anilines is 1. The normalized spacial score (nSPS) is 11.3. The maximum Gasteiger partial charge on any atom is 0.293 e. The molecule has 5 nitrogen and oxygen atoms in total. The molecule has 1 rings (SSSR count). The minimum absolute atomic E-state index is 0.0178.